The van der Waals surface area contributed by atoms with Crippen LogP contribution in [-0.2, 0) is 0 Å². The zero-order valence-corrected chi connectivity index (χ0v) is 10.8. The smallest absolute Gasteiger partial charge is 0.148 e. The van der Waals surface area contributed by atoms with E-state index < -0.39 is 0 Å². The first-order valence-electron chi connectivity index (χ1n) is 5.33. The zero-order chi connectivity index (χ0) is 12.4. The number of hydrogen-bond acceptors (Lipinski definition) is 4. The molecule has 3 nitrogen and oxygen atoms in total. The number of benzene rings is 1. The lowest BCUT2D eigenvalue weighted by atomic mass is 10.2. The van der Waals surface area contributed by atoms with Crippen LogP contribution in [-0.4, -0.2) is 15.2 Å². The maximum absolute atomic E-state index is 5.86. The quantitative estimate of drug-likeness (QED) is 0.710. The fraction of sp³-hybridized carbons (Fsp3) is 0. The molecule has 0 fully saturated rings. The number of pyridine rings is 1. The highest BCUT2D eigenvalue weighted by atomic mass is 35.5. The second kappa shape index (κ2) is 4.84. The molecule has 0 radical (unpaired) electrons. The maximum Gasteiger partial charge on any atom is 0.148 e. The molecule has 0 atom stereocenters. The molecule has 2 heterocycles. The van der Waals surface area contributed by atoms with Crippen molar-refractivity contribution in [3.8, 4) is 21.1 Å². The van der Waals surface area contributed by atoms with Gasteiger partial charge in [0.1, 0.15) is 10.0 Å². The van der Waals surface area contributed by atoms with Crippen LogP contribution in [0, 0.1) is 0 Å². The second-order valence-electron chi connectivity index (χ2n) is 3.66. The molecule has 0 unspecified atom stereocenters. The summed E-state index contributed by atoms with van der Waals surface area (Å²) < 4.78 is 0. The van der Waals surface area contributed by atoms with Crippen LogP contribution in [0.5, 0.6) is 0 Å². The summed E-state index contributed by atoms with van der Waals surface area (Å²) in [5.74, 6) is 0. The number of hydrogen-bond donors (Lipinski definition) is 0. The van der Waals surface area contributed by atoms with Gasteiger partial charge in [-0.15, -0.1) is 10.2 Å². The zero-order valence-electron chi connectivity index (χ0n) is 9.25. The standard InChI is InChI=1S/C13H8ClN3S/c14-11-3-1-9(2-4-11)12-16-17-13(18-12)10-5-7-15-8-6-10/h1-8H. The van der Waals surface area contributed by atoms with Gasteiger partial charge in [0.05, 0.1) is 0 Å². The van der Waals surface area contributed by atoms with Crippen molar-refractivity contribution in [2.45, 2.75) is 0 Å². The maximum atomic E-state index is 5.86. The van der Waals surface area contributed by atoms with Crippen molar-refractivity contribution in [1.82, 2.24) is 15.2 Å². The Morgan fingerprint density at radius 3 is 1.94 bits per heavy atom. The fourth-order valence-corrected chi connectivity index (χ4v) is 2.52. The third-order valence-electron chi connectivity index (χ3n) is 2.44. The van der Waals surface area contributed by atoms with Gasteiger partial charge in [-0.05, 0) is 24.3 Å². The molecule has 1 aromatic carbocycles. The second-order valence-corrected chi connectivity index (χ2v) is 5.07. The molecule has 0 aliphatic carbocycles. The van der Waals surface area contributed by atoms with Crippen LogP contribution in [0.3, 0.4) is 0 Å². The minimum atomic E-state index is 0.720. The minimum Gasteiger partial charge on any atom is -0.265 e. The van der Waals surface area contributed by atoms with Crippen LogP contribution in [0.4, 0.5) is 0 Å². The summed E-state index contributed by atoms with van der Waals surface area (Å²) in [6, 6.07) is 11.4. The Balaban J connectivity index is 1.97. The Morgan fingerprint density at radius 2 is 1.33 bits per heavy atom. The van der Waals surface area contributed by atoms with E-state index in [9.17, 15) is 0 Å². The van der Waals surface area contributed by atoms with Crippen molar-refractivity contribution in [3.63, 3.8) is 0 Å². The summed E-state index contributed by atoms with van der Waals surface area (Å²) in [5, 5.41) is 10.9. The molecule has 88 valence electrons. The van der Waals surface area contributed by atoms with Crippen LogP contribution >= 0.6 is 22.9 Å². The largest absolute Gasteiger partial charge is 0.265 e. The van der Waals surface area contributed by atoms with Gasteiger partial charge < -0.3 is 0 Å². The molecule has 18 heavy (non-hydrogen) atoms. The molecule has 2 aromatic heterocycles. The SMILES string of the molecule is Clc1ccc(-c2nnc(-c3ccncc3)s2)cc1. The lowest BCUT2D eigenvalue weighted by Gasteiger charge is -1.94. The first kappa shape index (κ1) is 11.3. The molecule has 0 saturated heterocycles. The molecular weight excluding hydrogens is 266 g/mol. The summed E-state index contributed by atoms with van der Waals surface area (Å²) in [4.78, 5) is 3.99. The topological polar surface area (TPSA) is 38.7 Å². The molecule has 0 bridgehead atoms. The summed E-state index contributed by atoms with van der Waals surface area (Å²) >= 11 is 7.41. The van der Waals surface area contributed by atoms with E-state index in [4.69, 9.17) is 11.6 Å². The van der Waals surface area contributed by atoms with Crippen LogP contribution in [0.15, 0.2) is 48.8 Å². The molecule has 0 amide bonds. The van der Waals surface area contributed by atoms with Crippen LogP contribution in [0.2, 0.25) is 5.02 Å². The normalized spacial score (nSPS) is 10.5. The van der Waals surface area contributed by atoms with Crippen molar-refractivity contribution < 1.29 is 0 Å². The van der Waals surface area contributed by atoms with E-state index >= 15 is 0 Å². The van der Waals surface area contributed by atoms with E-state index in [-0.39, 0.29) is 0 Å². The van der Waals surface area contributed by atoms with Gasteiger partial charge in [-0.1, -0.05) is 35.1 Å². The van der Waals surface area contributed by atoms with Crippen molar-refractivity contribution in [2.75, 3.05) is 0 Å². The van der Waals surface area contributed by atoms with Gasteiger partial charge >= 0.3 is 0 Å². The Hall–Kier alpha value is -1.78. The molecule has 3 aromatic rings. The van der Waals surface area contributed by atoms with Gasteiger partial charge in [-0.3, -0.25) is 4.98 Å². The Bertz CT molecular complexity index is 650. The van der Waals surface area contributed by atoms with Crippen LogP contribution in [0.1, 0.15) is 0 Å². The number of nitrogens with zero attached hydrogens (tertiary/aromatic N) is 3. The van der Waals surface area contributed by atoms with Gasteiger partial charge in [-0.2, -0.15) is 0 Å². The van der Waals surface area contributed by atoms with Crippen LogP contribution < -0.4 is 0 Å². The summed E-state index contributed by atoms with van der Waals surface area (Å²) in [7, 11) is 0. The third kappa shape index (κ3) is 2.25. The number of halogens is 1. The third-order valence-corrected chi connectivity index (χ3v) is 3.72. The molecule has 0 saturated carbocycles. The predicted octanol–water partition coefficient (Wildman–Crippen LogP) is 3.92. The lowest BCUT2D eigenvalue weighted by molar-refractivity contribution is 1.10. The average Bonchev–Trinajstić information content (AvgIpc) is 2.90. The Kier molecular flexibility index (Phi) is 3.04. The van der Waals surface area contributed by atoms with E-state index in [1.54, 1.807) is 23.7 Å². The molecule has 0 aliphatic rings. The molecular formula is C13H8ClN3S. The van der Waals surface area contributed by atoms with Gasteiger partial charge in [0.15, 0.2) is 0 Å². The van der Waals surface area contributed by atoms with Crippen molar-refractivity contribution in [2.24, 2.45) is 0 Å². The summed E-state index contributed by atoms with van der Waals surface area (Å²) in [5.41, 5.74) is 2.06. The van der Waals surface area contributed by atoms with Gasteiger partial charge in [0, 0.05) is 28.5 Å². The van der Waals surface area contributed by atoms with Crippen molar-refractivity contribution >= 4 is 22.9 Å². The first-order valence-corrected chi connectivity index (χ1v) is 6.52. The summed E-state index contributed by atoms with van der Waals surface area (Å²) in [6.45, 7) is 0. The van der Waals surface area contributed by atoms with Gasteiger partial charge in [-0.25, -0.2) is 0 Å². The average molecular weight is 274 g/mol. The highest BCUT2D eigenvalue weighted by molar-refractivity contribution is 7.17. The molecule has 0 aliphatic heterocycles. The fourth-order valence-electron chi connectivity index (χ4n) is 1.54. The molecule has 3 rings (SSSR count). The van der Waals surface area contributed by atoms with E-state index in [0.29, 0.717) is 0 Å². The van der Waals surface area contributed by atoms with Crippen molar-refractivity contribution in [3.05, 3.63) is 53.8 Å². The molecule has 5 heteroatoms. The highest BCUT2D eigenvalue weighted by Crippen LogP contribution is 2.29. The van der Waals surface area contributed by atoms with Crippen molar-refractivity contribution in [1.29, 1.82) is 0 Å². The molecule has 0 N–H and O–H groups in total. The summed E-state index contributed by atoms with van der Waals surface area (Å²) in [6.07, 6.45) is 3.50. The Morgan fingerprint density at radius 1 is 0.778 bits per heavy atom. The molecule has 0 spiro atoms. The van der Waals surface area contributed by atoms with E-state index in [0.717, 1.165) is 26.2 Å². The van der Waals surface area contributed by atoms with Gasteiger partial charge in [0.2, 0.25) is 0 Å². The lowest BCUT2D eigenvalue weighted by Crippen LogP contribution is -1.77. The first-order chi connectivity index (χ1) is 8.83. The number of aromatic nitrogens is 3. The van der Waals surface area contributed by atoms with Gasteiger partial charge in [0.25, 0.3) is 0 Å². The predicted molar refractivity (Wildman–Crippen MR) is 73.6 cm³/mol. The highest BCUT2D eigenvalue weighted by Gasteiger charge is 2.07. The van der Waals surface area contributed by atoms with E-state index in [1.807, 2.05) is 36.4 Å². The van der Waals surface area contributed by atoms with Crippen LogP contribution in [0.25, 0.3) is 21.1 Å². The van der Waals surface area contributed by atoms with E-state index in [1.165, 1.54) is 0 Å². The minimum absolute atomic E-state index is 0.720. The Labute approximate surface area is 113 Å². The van der Waals surface area contributed by atoms with E-state index in [2.05, 4.69) is 15.2 Å². The monoisotopic (exact) mass is 273 g/mol. The number of rotatable bonds is 2.